The number of pyridine rings is 2. The third kappa shape index (κ3) is 5.51. The third-order valence-corrected chi connectivity index (χ3v) is 6.72. The van der Waals surface area contributed by atoms with Crippen molar-refractivity contribution in [1.29, 1.82) is 5.26 Å². The minimum absolute atomic E-state index is 0.109. The summed E-state index contributed by atoms with van der Waals surface area (Å²) in [6, 6.07) is 8.62. The van der Waals surface area contributed by atoms with Crippen molar-refractivity contribution in [2.24, 2.45) is 0 Å². The average Bonchev–Trinajstić information content (AvgIpc) is 3.36. The van der Waals surface area contributed by atoms with Crippen LogP contribution in [-0.2, 0) is 12.7 Å². The zero-order chi connectivity index (χ0) is 28.5. The summed E-state index contributed by atoms with van der Waals surface area (Å²) in [5.41, 5.74) is -4.33. The number of alkyl halides is 3. The predicted octanol–water partition coefficient (Wildman–Crippen LogP) is 5.95. The van der Waals surface area contributed by atoms with Gasteiger partial charge in [-0.15, -0.1) is 11.3 Å². The maximum atomic E-state index is 14.4. The summed E-state index contributed by atoms with van der Waals surface area (Å²) in [6.45, 7) is 1.23. The van der Waals surface area contributed by atoms with Crippen molar-refractivity contribution >= 4 is 17.3 Å². The van der Waals surface area contributed by atoms with Gasteiger partial charge < -0.3 is 14.4 Å². The molecule has 1 aromatic carbocycles. The average molecular weight is 561 g/mol. The minimum Gasteiger partial charge on any atom is -0.477 e. The molecule has 0 radical (unpaired) electrons. The topological polar surface area (TPSA) is 105 Å². The molecule has 3 heterocycles. The molecule has 0 aliphatic carbocycles. The van der Waals surface area contributed by atoms with Gasteiger partial charge in [0.15, 0.2) is 0 Å². The summed E-state index contributed by atoms with van der Waals surface area (Å²) in [5.74, 6) is -3.33. The van der Waals surface area contributed by atoms with Crippen LogP contribution in [0.4, 0.5) is 22.0 Å². The van der Waals surface area contributed by atoms with Gasteiger partial charge in [0.1, 0.15) is 28.8 Å². The first-order chi connectivity index (χ1) is 18.4. The number of nitriles is 1. The van der Waals surface area contributed by atoms with E-state index in [4.69, 9.17) is 4.74 Å². The summed E-state index contributed by atoms with van der Waals surface area (Å²) < 4.78 is 75.2. The fourth-order valence-corrected chi connectivity index (χ4v) is 4.79. The second-order valence-corrected chi connectivity index (χ2v) is 9.12. The predicted molar refractivity (Wildman–Crippen MR) is 131 cm³/mol. The van der Waals surface area contributed by atoms with Gasteiger partial charge in [0.2, 0.25) is 5.88 Å². The van der Waals surface area contributed by atoms with Gasteiger partial charge in [-0.25, -0.2) is 18.6 Å². The molecule has 0 unspecified atom stereocenters. The van der Waals surface area contributed by atoms with Crippen molar-refractivity contribution < 1.29 is 36.6 Å². The normalized spacial score (nSPS) is 11.3. The molecule has 200 valence electrons. The van der Waals surface area contributed by atoms with E-state index in [-0.39, 0.29) is 34.2 Å². The Morgan fingerprint density at radius 3 is 2.49 bits per heavy atom. The lowest BCUT2D eigenvalue weighted by Gasteiger charge is -2.17. The SMILES string of the molecule is CCOc1ncc(-c2ccc(-c3cc(C(F)(F)F)c(C#N)c(=O)n3Cc3ccc(F)cc3F)s2)cc1C(=O)O. The van der Waals surface area contributed by atoms with Crippen molar-refractivity contribution in [2.75, 3.05) is 6.61 Å². The Bertz CT molecular complexity index is 1690. The van der Waals surface area contributed by atoms with Crippen LogP contribution in [0.3, 0.4) is 0 Å². The number of thiophene rings is 1. The Kier molecular flexibility index (Phi) is 7.51. The largest absolute Gasteiger partial charge is 0.477 e. The third-order valence-electron chi connectivity index (χ3n) is 5.57. The zero-order valence-electron chi connectivity index (χ0n) is 19.8. The highest BCUT2D eigenvalue weighted by atomic mass is 32.1. The number of nitrogens with zero attached hydrogens (tertiary/aromatic N) is 3. The monoisotopic (exact) mass is 561 g/mol. The van der Waals surface area contributed by atoms with Gasteiger partial charge in [-0.3, -0.25) is 4.79 Å². The first kappa shape index (κ1) is 27.5. The molecule has 13 heteroatoms. The van der Waals surface area contributed by atoms with E-state index in [9.17, 15) is 41.9 Å². The number of rotatable bonds is 7. The van der Waals surface area contributed by atoms with E-state index in [1.54, 1.807) is 6.92 Å². The first-order valence-electron chi connectivity index (χ1n) is 11.1. The van der Waals surface area contributed by atoms with Gasteiger partial charge in [-0.1, -0.05) is 6.07 Å². The Morgan fingerprint density at radius 2 is 1.87 bits per heavy atom. The Labute approximate surface area is 221 Å². The van der Waals surface area contributed by atoms with Crippen LogP contribution in [-0.4, -0.2) is 27.2 Å². The molecule has 1 N–H and O–H groups in total. The molecule has 0 atom stereocenters. The fraction of sp³-hybridized carbons (Fsp3) is 0.154. The number of benzene rings is 1. The number of carbonyl (C=O) groups is 1. The molecular formula is C26H16F5N3O4S. The second kappa shape index (κ2) is 10.7. The molecule has 0 aliphatic heterocycles. The molecule has 0 aliphatic rings. The molecule has 4 rings (SSSR count). The van der Waals surface area contributed by atoms with E-state index < -0.39 is 47.0 Å². The Balaban J connectivity index is 1.90. The van der Waals surface area contributed by atoms with Gasteiger partial charge in [-0.05, 0) is 37.3 Å². The molecule has 0 amide bonds. The van der Waals surface area contributed by atoms with E-state index in [1.165, 1.54) is 30.5 Å². The molecule has 7 nitrogen and oxygen atoms in total. The molecule has 39 heavy (non-hydrogen) atoms. The van der Waals surface area contributed by atoms with Crippen LogP contribution in [0.2, 0.25) is 0 Å². The van der Waals surface area contributed by atoms with Gasteiger partial charge >= 0.3 is 12.1 Å². The number of carboxylic acid groups (broad SMARTS) is 1. The fourth-order valence-electron chi connectivity index (χ4n) is 3.78. The first-order valence-corrected chi connectivity index (χ1v) is 11.9. The van der Waals surface area contributed by atoms with Crippen molar-refractivity contribution in [3.05, 3.63) is 92.9 Å². The van der Waals surface area contributed by atoms with Crippen LogP contribution in [0.15, 0.2) is 53.5 Å². The van der Waals surface area contributed by atoms with Gasteiger partial charge in [0.05, 0.1) is 29.3 Å². The Hall–Kier alpha value is -4.57. The number of carboxylic acids is 1. The van der Waals surface area contributed by atoms with E-state index in [0.717, 1.165) is 28.0 Å². The number of ether oxygens (including phenoxy) is 1. The molecule has 0 fully saturated rings. The molecule has 4 aromatic rings. The number of aromatic nitrogens is 2. The maximum Gasteiger partial charge on any atom is 0.417 e. The van der Waals surface area contributed by atoms with Crippen LogP contribution < -0.4 is 10.3 Å². The smallest absolute Gasteiger partial charge is 0.417 e. The van der Waals surface area contributed by atoms with E-state index in [0.29, 0.717) is 22.6 Å². The summed E-state index contributed by atoms with van der Waals surface area (Å²) in [6.07, 6.45) is -3.72. The van der Waals surface area contributed by atoms with Crippen LogP contribution >= 0.6 is 11.3 Å². The van der Waals surface area contributed by atoms with Gasteiger partial charge in [0.25, 0.3) is 5.56 Å². The van der Waals surface area contributed by atoms with Crippen molar-refractivity contribution in [1.82, 2.24) is 9.55 Å². The van der Waals surface area contributed by atoms with Gasteiger partial charge in [0, 0.05) is 28.3 Å². The minimum atomic E-state index is -5.05. The van der Waals surface area contributed by atoms with Crippen LogP contribution in [0.25, 0.3) is 21.0 Å². The van der Waals surface area contributed by atoms with Crippen LogP contribution in [0, 0.1) is 23.0 Å². The molecule has 3 aromatic heterocycles. The molecule has 0 bridgehead atoms. The lowest BCUT2D eigenvalue weighted by Crippen LogP contribution is -2.28. The number of hydrogen-bond donors (Lipinski definition) is 1. The van der Waals surface area contributed by atoms with Crippen molar-refractivity contribution in [3.8, 4) is 33.0 Å². The lowest BCUT2D eigenvalue weighted by atomic mass is 10.1. The highest BCUT2D eigenvalue weighted by Crippen LogP contribution is 2.38. The summed E-state index contributed by atoms with van der Waals surface area (Å²) in [7, 11) is 0. The zero-order valence-corrected chi connectivity index (χ0v) is 20.7. The quantitative estimate of drug-likeness (QED) is 0.280. The lowest BCUT2D eigenvalue weighted by molar-refractivity contribution is -0.137. The van der Waals surface area contributed by atoms with Crippen LogP contribution in [0.1, 0.15) is 34.0 Å². The summed E-state index contributed by atoms with van der Waals surface area (Å²) >= 11 is 0.914. The van der Waals surface area contributed by atoms with Crippen molar-refractivity contribution in [3.63, 3.8) is 0 Å². The van der Waals surface area contributed by atoms with Gasteiger partial charge in [-0.2, -0.15) is 18.4 Å². The molecule has 0 spiro atoms. The van der Waals surface area contributed by atoms with E-state index in [1.807, 2.05) is 0 Å². The summed E-state index contributed by atoms with van der Waals surface area (Å²) in [5, 5.41) is 18.8. The van der Waals surface area contributed by atoms with Crippen LogP contribution in [0.5, 0.6) is 5.88 Å². The van der Waals surface area contributed by atoms with Crippen molar-refractivity contribution in [2.45, 2.75) is 19.6 Å². The Morgan fingerprint density at radius 1 is 1.15 bits per heavy atom. The highest BCUT2D eigenvalue weighted by molar-refractivity contribution is 7.18. The maximum absolute atomic E-state index is 14.4. The molecule has 0 saturated heterocycles. The second-order valence-electron chi connectivity index (χ2n) is 8.03. The number of halogens is 5. The molecular weight excluding hydrogens is 545 g/mol. The number of aromatic carboxylic acids is 1. The summed E-state index contributed by atoms with van der Waals surface area (Å²) in [4.78, 5) is 29.3. The number of hydrogen-bond acceptors (Lipinski definition) is 6. The van der Waals surface area contributed by atoms with E-state index >= 15 is 0 Å². The highest BCUT2D eigenvalue weighted by Gasteiger charge is 2.37. The molecule has 0 saturated carbocycles. The van der Waals surface area contributed by atoms with E-state index in [2.05, 4.69) is 4.98 Å². The standard InChI is InChI=1S/C26H16F5N3O4S/c1-2-38-23-16(25(36)37)7-14(11-33-23)21-5-6-22(39-21)20-9-18(26(29,30)31)17(10-32)24(35)34(20)12-13-3-4-15(27)8-19(13)28/h3-9,11H,2,12H2,1H3,(H,36,37).